The lowest BCUT2D eigenvalue weighted by Gasteiger charge is -2.34. The number of para-hydroxylation sites is 2. The second-order valence-electron chi connectivity index (χ2n) is 8.65. The van der Waals surface area contributed by atoms with Crippen LogP contribution in [0.25, 0.3) is 11.0 Å². The Balaban J connectivity index is 1.64. The number of hydrogen-bond acceptors (Lipinski definition) is 5. The van der Waals surface area contributed by atoms with E-state index in [4.69, 9.17) is 9.98 Å². The third-order valence-corrected chi connectivity index (χ3v) is 6.54. The number of imidazole rings is 1. The van der Waals surface area contributed by atoms with Crippen molar-refractivity contribution in [3.63, 3.8) is 0 Å². The van der Waals surface area contributed by atoms with Crippen molar-refractivity contribution in [2.45, 2.75) is 45.1 Å². The van der Waals surface area contributed by atoms with Gasteiger partial charge < -0.3 is 14.8 Å². The van der Waals surface area contributed by atoms with Crippen LogP contribution in [0.2, 0.25) is 0 Å². The first-order valence-electron chi connectivity index (χ1n) is 11.5. The minimum atomic E-state index is 0.465. The van der Waals surface area contributed by atoms with Gasteiger partial charge in [-0.05, 0) is 43.9 Å². The van der Waals surface area contributed by atoms with Gasteiger partial charge in [0.05, 0.1) is 34.7 Å². The molecular formula is C26H30N6. The number of fused-ring (bicyclic) bond motifs is 1. The summed E-state index contributed by atoms with van der Waals surface area (Å²) >= 11 is 0. The van der Waals surface area contributed by atoms with Gasteiger partial charge in [-0.25, -0.2) is 9.98 Å². The van der Waals surface area contributed by atoms with Gasteiger partial charge in [0.15, 0.2) is 11.7 Å². The molecule has 0 unspecified atom stereocenters. The Hall–Kier alpha value is -3.41. The van der Waals surface area contributed by atoms with Gasteiger partial charge in [-0.1, -0.05) is 38.6 Å². The summed E-state index contributed by atoms with van der Waals surface area (Å²) in [7, 11) is 2.04. The Labute approximate surface area is 189 Å². The Morgan fingerprint density at radius 2 is 2.06 bits per heavy atom. The van der Waals surface area contributed by atoms with E-state index in [1.54, 1.807) is 0 Å². The summed E-state index contributed by atoms with van der Waals surface area (Å²) in [5.74, 6) is 1.73. The average molecular weight is 427 g/mol. The van der Waals surface area contributed by atoms with Crippen LogP contribution in [-0.4, -0.2) is 40.1 Å². The van der Waals surface area contributed by atoms with Gasteiger partial charge in [-0.2, -0.15) is 0 Å². The minimum Gasteiger partial charge on any atom is -0.353 e. The second kappa shape index (κ2) is 8.26. The third kappa shape index (κ3) is 3.40. The maximum absolute atomic E-state index is 5.17. The molecule has 1 saturated carbocycles. The number of aliphatic imine (C=N–C) groups is 2. The highest BCUT2D eigenvalue weighted by Crippen LogP contribution is 2.38. The molecule has 164 valence electrons. The van der Waals surface area contributed by atoms with Crippen molar-refractivity contribution in [2.24, 2.45) is 9.98 Å². The van der Waals surface area contributed by atoms with Crippen LogP contribution in [0.4, 0.5) is 0 Å². The molecule has 5 rings (SSSR count). The molecule has 1 aromatic heterocycles. The van der Waals surface area contributed by atoms with E-state index in [1.165, 1.54) is 24.8 Å². The summed E-state index contributed by atoms with van der Waals surface area (Å²) < 4.78 is 2.38. The lowest BCUT2D eigenvalue weighted by Crippen LogP contribution is -2.35. The fraction of sp³-hybridized carbons (Fsp3) is 0.346. The molecule has 3 heterocycles. The second-order valence-corrected chi connectivity index (χ2v) is 8.65. The van der Waals surface area contributed by atoms with E-state index in [0.29, 0.717) is 12.6 Å². The zero-order valence-corrected chi connectivity index (χ0v) is 18.9. The van der Waals surface area contributed by atoms with Crippen molar-refractivity contribution in [1.29, 1.82) is 0 Å². The molecule has 1 aromatic carbocycles. The molecule has 1 N–H and O–H groups in total. The van der Waals surface area contributed by atoms with Crippen molar-refractivity contribution < 1.29 is 0 Å². The van der Waals surface area contributed by atoms with E-state index in [0.717, 1.165) is 58.4 Å². The number of amidine groups is 1. The molecular weight excluding hydrogens is 396 g/mol. The number of nitrogens with zero attached hydrogens (tertiary/aromatic N) is 5. The van der Waals surface area contributed by atoms with Gasteiger partial charge in [0, 0.05) is 30.6 Å². The largest absolute Gasteiger partial charge is 0.353 e. The SMILES string of the molecule is C=C(NC1=CCN=C1)C1=C(CCC)C(=C)N(C)C(c2nc3ccccc3n2C2CCC2)=N1. The lowest BCUT2D eigenvalue weighted by atomic mass is 9.92. The van der Waals surface area contributed by atoms with Crippen LogP contribution < -0.4 is 5.32 Å². The van der Waals surface area contributed by atoms with Gasteiger partial charge in [-0.15, -0.1) is 0 Å². The highest BCUT2D eigenvalue weighted by atomic mass is 15.3. The average Bonchev–Trinajstić information content (AvgIpc) is 3.39. The van der Waals surface area contributed by atoms with E-state index < -0.39 is 0 Å². The highest BCUT2D eigenvalue weighted by Gasteiger charge is 2.32. The number of allylic oxidation sites excluding steroid dienone is 2. The van der Waals surface area contributed by atoms with Crippen LogP contribution in [0.15, 0.2) is 81.8 Å². The zero-order valence-electron chi connectivity index (χ0n) is 18.9. The third-order valence-electron chi connectivity index (χ3n) is 6.54. The Kier molecular flexibility index (Phi) is 5.29. The standard InChI is InChI=1S/C26H30N6/c1-5-9-21-18(3)31(4)25(30-24(21)17(2)28-19-14-15-27-16-19)26-29-22-12-6-7-13-23(22)32(26)20-10-8-11-20/h6-7,12-14,16,20,28H,2-3,5,8-11,15H2,1,4H3. The maximum Gasteiger partial charge on any atom is 0.177 e. The predicted molar refractivity (Wildman–Crippen MR) is 132 cm³/mol. The lowest BCUT2D eigenvalue weighted by molar-refractivity contribution is 0.318. The number of likely N-dealkylation sites (N-methyl/N-ethyl adjacent to an activating group) is 1. The molecule has 32 heavy (non-hydrogen) atoms. The van der Waals surface area contributed by atoms with E-state index in [1.807, 2.05) is 19.3 Å². The van der Waals surface area contributed by atoms with Gasteiger partial charge >= 0.3 is 0 Å². The Morgan fingerprint density at radius 3 is 2.75 bits per heavy atom. The number of hydrogen-bond donors (Lipinski definition) is 1. The fourth-order valence-electron chi connectivity index (χ4n) is 4.57. The van der Waals surface area contributed by atoms with E-state index >= 15 is 0 Å². The molecule has 6 nitrogen and oxygen atoms in total. The Morgan fingerprint density at radius 1 is 1.25 bits per heavy atom. The summed E-state index contributed by atoms with van der Waals surface area (Å²) in [6, 6.07) is 8.84. The van der Waals surface area contributed by atoms with Crippen LogP contribution in [-0.2, 0) is 0 Å². The molecule has 1 fully saturated rings. The normalized spacial score (nSPS) is 18.8. The van der Waals surface area contributed by atoms with Crippen molar-refractivity contribution >= 4 is 23.1 Å². The van der Waals surface area contributed by atoms with Gasteiger partial charge in [-0.3, -0.25) is 4.99 Å². The van der Waals surface area contributed by atoms with Crippen LogP contribution in [0.3, 0.4) is 0 Å². The molecule has 0 saturated heterocycles. The first-order valence-corrected chi connectivity index (χ1v) is 11.5. The van der Waals surface area contributed by atoms with Gasteiger partial charge in [0.2, 0.25) is 0 Å². The Bertz CT molecular complexity index is 1220. The molecule has 0 spiro atoms. The van der Waals surface area contributed by atoms with Crippen LogP contribution in [0.5, 0.6) is 0 Å². The van der Waals surface area contributed by atoms with E-state index in [-0.39, 0.29) is 0 Å². The summed E-state index contributed by atoms with van der Waals surface area (Å²) in [5, 5.41) is 3.40. The molecule has 3 aliphatic rings. The first kappa shape index (κ1) is 20.5. The number of aromatic nitrogens is 2. The number of nitrogens with one attached hydrogen (secondary N) is 1. The van der Waals surface area contributed by atoms with Crippen molar-refractivity contribution in [3.05, 3.63) is 77.7 Å². The van der Waals surface area contributed by atoms with E-state index in [2.05, 4.69) is 64.1 Å². The smallest absolute Gasteiger partial charge is 0.177 e. The topological polar surface area (TPSA) is 57.8 Å². The molecule has 0 radical (unpaired) electrons. The molecule has 0 amide bonds. The number of rotatable bonds is 7. The molecule has 0 atom stereocenters. The van der Waals surface area contributed by atoms with E-state index in [9.17, 15) is 0 Å². The van der Waals surface area contributed by atoms with Gasteiger partial charge in [0.25, 0.3) is 0 Å². The van der Waals surface area contributed by atoms with Crippen molar-refractivity contribution in [3.8, 4) is 0 Å². The first-order chi connectivity index (χ1) is 15.6. The predicted octanol–water partition coefficient (Wildman–Crippen LogP) is 5.09. The molecule has 2 aromatic rings. The highest BCUT2D eigenvalue weighted by molar-refractivity contribution is 6.02. The zero-order chi connectivity index (χ0) is 22.2. The summed E-state index contributed by atoms with van der Waals surface area (Å²) in [6.45, 7) is 11.6. The monoisotopic (exact) mass is 426 g/mol. The summed E-state index contributed by atoms with van der Waals surface area (Å²) in [5.41, 5.74) is 6.84. The minimum absolute atomic E-state index is 0.465. The fourth-order valence-corrected chi connectivity index (χ4v) is 4.57. The molecule has 0 bridgehead atoms. The molecule has 2 aliphatic heterocycles. The summed E-state index contributed by atoms with van der Waals surface area (Å²) in [4.78, 5) is 16.6. The molecule has 6 heteroatoms. The quantitative estimate of drug-likeness (QED) is 0.671. The van der Waals surface area contributed by atoms with Crippen molar-refractivity contribution in [2.75, 3.05) is 13.6 Å². The maximum atomic E-state index is 5.17. The van der Waals surface area contributed by atoms with Crippen LogP contribution in [0, 0.1) is 0 Å². The number of benzene rings is 1. The van der Waals surface area contributed by atoms with Crippen molar-refractivity contribution in [1.82, 2.24) is 19.8 Å². The van der Waals surface area contributed by atoms with Crippen LogP contribution >= 0.6 is 0 Å². The molecule has 1 aliphatic carbocycles. The van der Waals surface area contributed by atoms with Gasteiger partial charge in [0.1, 0.15) is 0 Å². The van der Waals surface area contributed by atoms with Crippen LogP contribution in [0.1, 0.15) is 50.9 Å². The summed E-state index contributed by atoms with van der Waals surface area (Å²) in [6.07, 6.45) is 9.41.